The highest BCUT2D eigenvalue weighted by Gasteiger charge is 2.35. The molecule has 0 saturated heterocycles. The smallest absolute Gasteiger partial charge is 0.338 e. The number of nitrogens with one attached hydrogen (secondary N) is 4. The van der Waals surface area contributed by atoms with Gasteiger partial charge in [0.25, 0.3) is 0 Å². The number of fused-ring (bicyclic) bond motifs is 1. The fourth-order valence-electron chi connectivity index (χ4n) is 9.28. The maximum Gasteiger partial charge on any atom is 0.338 e. The van der Waals surface area contributed by atoms with Gasteiger partial charge in [-0.2, -0.15) is 0 Å². The van der Waals surface area contributed by atoms with Gasteiger partial charge in [0, 0.05) is 43.1 Å². The molecule has 3 aromatic rings. The number of aromatic hydroxyl groups is 1. The SMILES string of the molecule is CC(C)CC(CC(=O)C(Cc1ccc(O)cc1)NC(=O)C(CC(=O)C(Cc1ccccc1)NC(=O)C(CO)CC(=O)c1cc2cccccc-2c1)Cc1ccccc1)C(=O)NC(CCC[NH+]=C(N)N)C(=O)CC(CO)C(=O)O. The molecule has 0 aromatic heterocycles. The summed E-state index contributed by atoms with van der Waals surface area (Å²) in [4.78, 5) is 114. The van der Waals surface area contributed by atoms with Crippen molar-refractivity contribution in [2.75, 3.05) is 19.8 Å². The van der Waals surface area contributed by atoms with Crippen LogP contribution in [0.4, 0.5) is 0 Å². The Labute approximate surface area is 454 Å². The molecule has 0 spiro atoms. The molecule has 18 nitrogen and oxygen atoms in total. The van der Waals surface area contributed by atoms with E-state index in [-0.39, 0.29) is 74.9 Å². The van der Waals surface area contributed by atoms with E-state index < -0.39 is 115 Å². The van der Waals surface area contributed by atoms with E-state index in [4.69, 9.17) is 11.5 Å². The summed E-state index contributed by atoms with van der Waals surface area (Å²) in [5.74, 6) is -10.6. The number of aliphatic hydroxyl groups excluding tert-OH is 2. The summed E-state index contributed by atoms with van der Waals surface area (Å²) in [6, 6.07) is 32.8. The molecule has 0 saturated carbocycles. The number of hydrogen-bond acceptors (Lipinski definition) is 11. The minimum absolute atomic E-state index is 0.00949. The number of carbonyl (C=O) groups is 8. The summed E-state index contributed by atoms with van der Waals surface area (Å²) < 4.78 is 0. The zero-order chi connectivity index (χ0) is 56.7. The van der Waals surface area contributed by atoms with Crippen LogP contribution in [0.2, 0.25) is 0 Å². The molecule has 18 heteroatoms. The van der Waals surface area contributed by atoms with Crippen LogP contribution in [0.15, 0.2) is 127 Å². The number of phenols is 1. The van der Waals surface area contributed by atoms with E-state index in [0.717, 1.165) is 11.1 Å². The minimum atomic E-state index is -1.42. The van der Waals surface area contributed by atoms with Gasteiger partial charge in [0.2, 0.25) is 17.7 Å². The van der Waals surface area contributed by atoms with Crippen LogP contribution in [-0.4, -0.2) is 111 Å². The number of carbonyl (C=O) groups excluding carboxylic acids is 7. The molecule has 5 rings (SSSR count). The average Bonchev–Trinajstić information content (AvgIpc) is 3.69. The number of guanidine groups is 1. The van der Waals surface area contributed by atoms with E-state index >= 15 is 0 Å². The number of ketones is 4. The normalized spacial score (nSPS) is 13.9. The number of carboxylic acid groups (broad SMARTS) is 1. The Balaban J connectivity index is 1.42. The van der Waals surface area contributed by atoms with Gasteiger partial charge in [-0.25, -0.2) is 0 Å². The van der Waals surface area contributed by atoms with Crippen molar-refractivity contribution < 1.29 is 63.8 Å². The van der Waals surface area contributed by atoms with Crippen molar-refractivity contribution >= 4 is 52.8 Å². The Bertz CT molecular complexity index is 2770. The van der Waals surface area contributed by atoms with E-state index in [1.807, 2.05) is 44.2 Å². The highest BCUT2D eigenvalue weighted by Crippen LogP contribution is 2.27. The Morgan fingerprint density at radius 1 is 0.526 bits per heavy atom. The Morgan fingerprint density at radius 3 is 1.46 bits per heavy atom. The molecule has 3 aromatic carbocycles. The van der Waals surface area contributed by atoms with Gasteiger partial charge in [0.1, 0.15) is 5.75 Å². The summed E-state index contributed by atoms with van der Waals surface area (Å²) in [6.07, 6.45) is -1.33. The van der Waals surface area contributed by atoms with Crippen LogP contribution in [0.25, 0.3) is 11.1 Å². The second kappa shape index (κ2) is 30.6. The standard InChI is InChI=1S/C60H72N6O12/c1-37(2)25-44(56(74)64-49(19-12-24-63-60(61)62)53(71)34-47(36-68)59(77)78)31-54(72)51(28-40-20-22-48(69)23-21-40)65-57(75)45(26-38-13-6-3-7-14-38)32-55(73)50(27-39-15-8-4-9-16-39)66-58(76)46(35-67)33-52(70)43-29-41-17-10-5-11-18-42(41)30-43/h3-11,13-18,20-23,29-30,37,44-47,49-51,67-69H,12,19,24-28,31-36H2,1-2H3,(H,64,74)(H,65,75)(H,66,76)(H,77,78)(H4,61,62,63)/p+1. The molecular formula is C60H73N6O12+. The van der Waals surface area contributed by atoms with Crippen molar-refractivity contribution in [1.29, 1.82) is 0 Å². The van der Waals surface area contributed by atoms with Crippen LogP contribution >= 0.6 is 0 Å². The number of hydrogen-bond donors (Lipinski definition) is 10. The number of nitrogens with two attached hydrogens (primary N) is 2. The molecule has 7 unspecified atom stereocenters. The first-order valence-corrected chi connectivity index (χ1v) is 26.3. The van der Waals surface area contributed by atoms with E-state index in [1.165, 1.54) is 12.1 Å². The largest absolute Gasteiger partial charge is 0.508 e. The van der Waals surface area contributed by atoms with Gasteiger partial charge in [-0.05, 0) is 96.5 Å². The summed E-state index contributed by atoms with van der Waals surface area (Å²) in [5.41, 5.74) is 15.0. The van der Waals surface area contributed by atoms with Gasteiger partial charge in [-0.1, -0.05) is 117 Å². The zero-order valence-electron chi connectivity index (χ0n) is 44.1. The lowest BCUT2D eigenvalue weighted by molar-refractivity contribution is -0.459. The molecule has 12 N–H and O–H groups in total. The van der Waals surface area contributed by atoms with Gasteiger partial charge in [-0.3, -0.25) is 54.8 Å². The van der Waals surface area contributed by atoms with Crippen LogP contribution in [0.3, 0.4) is 0 Å². The quantitative estimate of drug-likeness (QED) is 0.0125. The number of benzene rings is 3. The van der Waals surface area contributed by atoms with Crippen LogP contribution < -0.4 is 32.4 Å². The van der Waals surface area contributed by atoms with E-state index in [2.05, 4.69) is 20.9 Å². The molecule has 3 amide bonds. The molecule has 414 valence electrons. The summed E-state index contributed by atoms with van der Waals surface area (Å²) in [6.45, 7) is 2.40. The highest BCUT2D eigenvalue weighted by atomic mass is 16.4. The predicted molar refractivity (Wildman–Crippen MR) is 292 cm³/mol. The van der Waals surface area contributed by atoms with Crippen LogP contribution in [0.1, 0.15) is 85.8 Å². The van der Waals surface area contributed by atoms with Gasteiger partial charge >= 0.3 is 11.9 Å². The Hall–Kier alpha value is -8.09. The zero-order valence-corrected chi connectivity index (χ0v) is 44.1. The topological polar surface area (TPSA) is 320 Å². The third kappa shape index (κ3) is 19.5. The number of Topliss-reactive ketones (excluding diaryl/α,β-unsaturated/α-hetero) is 4. The third-order valence-electron chi connectivity index (χ3n) is 13.6. The molecule has 0 aliphatic heterocycles. The van der Waals surface area contributed by atoms with Gasteiger partial charge in [0.05, 0.1) is 49.7 Å². The molecule has 0 heterocycles. The molecular weight excluding hydrogens is 997 g/mol. The van der Waals surface area contributed by atoms with E-state index in [9.17, 15) is 58.8 Å². The number of aliphatic hydroxyl groups is 2. The predicted octanol–water partition coefficient (Wildman–Crippen LogP) is 2.84. The molecule has 0 radical (unpaired) electrons. The van der Waals surface area contributed by atoms with E-state index in [0.29, 0.717) is 22.3 Å². The number of aliphatic carboxylic acids is 1. The maximum atomic E-state index is 14.9. The number of amides is 3. The second-order valence-electron chi connectivity index (χ2n) is 20.3. The minimum Gasteiger partial charge on any atom is -0.508 e. The lowest BCUT2D eigenvalue weighted by Gasteiger charge is -2.27. The monoisotopic (exact) mass is 1070 g/mol. The average molecular weight is 1070 g/mol. The summed E-state index contributed by atoms with van der Waals surface area (Å²) >= 11 is 0. The number of rotatable bonds is 33. The second-order valence-corrected chi connectivity index (χ2v) is 20.3. The van der Waals surface area contributed by atoms with Gasteiger partial charge in [0.15, 0.2) is 23.1 Å². The van der Waals surface area contributed by atoms with Crippen molar-refractivity contribution in [2.24, 2.45) is 41.1 Å². The Kier molecular flexibility index (Phi) is 23.8. The lowest BCUT2D eigenvalue weighted by atomic mass is 9.86. The lowest BCUT2D eigenvalue weighted by Crippen LogP contribution is -2.78. The van der Waals surface area contributed by atoms with Crippen LogP contribution in [0.5, 0.6) is 5.75 Å². The number of phenolic OH excluding ortho intramolecular Hbond substituents is 1. The molecule has 78 heavy (non-hydrogen) atoms. The molecule has 2 aliphatic rings. The van der Waals surface area contributed by atoms with Crippen LogP contribution in [-0.2, 0) is 52.8 Å². The molecule has 0 fully saturated rings. The molecule has 7 atom stereocenters. The maximum absolute atomic E-state index is 14.9. The van der Waals surface area contributed by atoms with Crippen molar-refractivity contribution in [1.82, 2.24) is 16.0 Å². The van der Waals surface area contributed by atoms with Crippen molar-refractivity contribution in [2.45, 2.75) is 96.2 Å². The van der Waals surface area contributed by atoms with Crippen LogP contribution in [0, 0.1) is 29.6 Å². The van der Waals surface area contributed by atoms with E-state index in [1.54, 1.807) is 84.9 Å². The molecule has 0 bridgehead atoms. The first kappa shape index (κ1) is 60.8. The van der Waals surface area contributed by atoms with Gasteiger partial charge < -0.3 is 36.4 Å². The third-order valence-corrected chi connectivity index (χ3v) is 13.6. The number of carboxylic acids is 1. The first-order chi connectivity index (χ1) is 37.3. The highest BCUT2D eigenvalue weighted by molar-refractivity contribution is 6.02. The molecule has 2 aliphatic carbocycles. The fourth-order valence-corrected chi connectivity index (χ4v) is 9.28. The fraction of sp³-hybridized carbons (Fsp3) is 0.383. The summed E-state index contributed by atoms with van der Waals surface area (Å²) in [7, 11) is 0. The summed E-state index contributed by atoms with van der Waals surface area (Å²) in [5, 5.41) is 48.3. The van der Waals surface area contributed by atoms with Gasteiger partial charge in [-0.15, -0.1) is 0 Å². The van der Waals surface area contributed by atoms with Crippen molar-refractivity contribution in [3.8, 4) is 16.9 Å². The van der Waals surface area contributed by atoms with Crippen molar-refractivity contribution in [3.63, 3.8) is 0 Å². The van der Waals surface area contributed by atoms with Crippen molar-refractivity contribution in [3.05, 3.63) is 150 Å². The first-order valence-electron chi connectivity index (χ1n) is 26.3. The Morgan fingerprint density at radius 2 is 0.962 bits per heavy atom.